The first-order valence-electron chi connectivity index (χ1n) is 4.93. The Morgan fingerprint density at radius 3 is 2.50 bits per heavy atom. The molecule has 0 fully saturated rings. The number of aliphatic hydroxyl groups is 1. The lowest BCUT2D eigenvalue weighted by atomic mass is 10.2. The van der Waals surface area contributed by atoms with Crippen molar-refractivity contribution in [1.29, 1.82) is 0 Å². The van der Waals surface area contributed by atoms with Gasteiger partial charge < -0.3 is 20.8 Å². The number of thioether (sulfide) groups is 1. The van der Waals surface area contributed by atoms with Crippen molar-refractivity contribution >= 4 is 23.8 Å². The summed E-state index contributed by atoms with van der Waals surface area (Å²) < 4.78 is 0. The van der Waals surface area contributed by atoms with Crippen molar-refractivity contribution in [1.82, 2.24) is 10.6 Å². The van der Waals surface area contributed by atoms with E-state index in [-0.39, 0.29) is 0 Å². The van der Waals surface area contributed by atoms with Crippen LogP contribution in [0.3, 0.4) is 0 Å². The molecule has 0 unspecified atom stereocenters. The number of aliphatic carboxylic acids is 1. The van der Waals surface area contributed by atoms with Gasteiger partial charge in [-0.25, -0.2) is 9.59 Å². The quantitative estimate of drug-likeness (QED) is 0.472. The minimum absolute atomic E-state index is 0.485. The molecule has 0 aromatic rings. The summed E-state index contributed by atoms with van der Waals surface area (Å²) in [5.41, 5.74) is 0. The second-order valence-corrected chi connectivity index (χ2v) is 4.29. The summed E-state index contributed by atoms with van der Waals surface area (Å²) in [7, 11) is 0. The second kappa shape index (κ2) is 8.23. The van der Waals surface area contributed by atoms with Gasteiger partial charge in [0.1, 0.15) is 0 Å². The van der Waals surface area contributed by atoms with Crippen molar-refractivity contribution in [2.45, 2.75) is 25.5 Å². The Bertz CT molecular complexity index is 236. The predicted molar refractivity (Wildman–Crippen MR) is 62.6 cm³/mol. The predicted octanol–water partition coefficient (Wildman–Crippen LogP) is -0.127. The molecule has 0 aromatic heterocycles. The van der Waals surface area contributed by atoms with Crippen molar-refractivity contribution in [2.75, 3.05) is 18.6 Å². The summed E-state index contributed by atoms with van der Waals surface area (Å²) in [5, 5.41) is 22.5. The normalized spacial score (nSPS) is 13.9. The first-order chi connectivity index (χ1) is 7.49. The van der Waals surface area contributed by atoms with E-state index in [9.17, 15) is 9.59 Å². The van der Waals surface area contributed by atoms with Crippen LogP contribution in [0.25, 0.3) is 0 Å². The monoisotopic (exact) mass is 250 g/mol. The van der Waals surface area contributed by atoms with E-state index in [0.717, 1.165) is 12.2 Å². The van der Waals surface area contributed by atoms with Crippen LogP contribution in [0.1, 0.15) is 13.3 Å². The smallest absolute Gasteiger partial charge is 0.328 e. The summed E-state index contributed by atoms with van der Waals surface area (Å²) in [6, 6.07) is -1.85. The van der Waals surface area contributed by atoms with Crippen LogP contribution in [-0.4, -0.2) is 52.9 Å². The highest BCUT2D eigenvalue weighted by Crippen LogP contribution is 1.94. The van der Waals surface area contributed by atoms with Crippen LogP contribution < -0.4 is 10.6 Å². The fourth-order valence-corrected chi connectivity index (χ4v) is 1.43. The molecule has 0 heterocycles. The lowest BCUT2D eigenvalue weighted by molar-refractivity contribution is -0.141. The van der Waals surface area contributed by atoms with Crippen LogP contribution in [0.5, 0.6) is 0 Å². The number of rotatable bonds is 7. The average molecular weight is 250 g/mol. The molecule has 0 radical (unpaired) electrons. The van der Waals surface area contributed by atoms with Crippen molar-refractivity contribution in [3.05, 3.63) is 0 Å². The van der Waals surface area contributed by atoms with Crippen LogP contribution in [-0.2, 0) is 4.79 Å². The molecule has 0 saturated carbocycles. The molecular weight excluding hydrogens is 232 g/mol. The molecule has 7 heteroatoms. The van der Waals surface area contributed by atoms with E-state index in [1.165, 1.54) is 6.92 Å². The molecule has 2 amide bonds. The number of carboxylic acid groups (broad SMARTS) is 1. The molecule has 0 saturated heterocycles. The maximum Gasteiger partial charge on any atom is 0.328 e. The standard InChI is InChI=1S/C9H18N2O4S/c1-6(12)7(8(13)14)11-9(15)10-4-3-5-16-2/h6-7,12H,3-5H2,1-2H3,(H,13,14)(H2,10,11,15)/t6-,7+/m1/s1. The van der Waals surface area contributed by atoms with Crippen LogP contribution in [0.4, 0.5) is 4.79 Å². The number of urea groups is 1. The van der Waals surface area contributed by atoms with E-state index in [2.05, 4.69) is 10.6 Å². The topological polar surface area (TPSA) is 98.7 Å². The van der Waals surface area contributed by atoms with Crippen LogP contribution in [0.15, 0.2) is 0 Å². The minimum Gasteiger partial charge on any atom is -0.480 e. The molecule has 0 rings (SSSR count). The van der Waals surface area contributed by atoms with Gasteiger partial charge in [-0.2, -0.15) is 11.8 Å². The summed E-state index contributed by atoms with van der Waals surface area (Å²) in [4.78, 5) is 21.9. The number of hydrogen-bond acceptors (Lipinski definition) is 4. The van der Waals surface area contributed by atoms with Crippen LogP contribution in [0, 0.1) is 0 Å². The first-order valence-corrected chi connectivity index (χ1v) is 6.32. The van der Waals surface area contributed by atoms with Gasteiger partial charge in [0.2, 0.25) is 0 Å². The first kappa shape index (κ1) is 15.0. The number of carboxylic acids is 1. The van der Waals surface area contributed by atoms with Gasteiger partial charge in [-0.1, -0.05) is 0 Å². The highest BCUT2D eigenvalue weighted by Gasteiger charge is 2.24. The molecule has 0 aliphatic heterocycles. The van der Waals surface area contributed by atoms with E-state index < -0.39 is 24.1 Å². The van der Waals surface area contributed by atoms with E-state index in [1.807, 2.05) is 6.26 Å². The van der Waals surface area contributed by atoms with Gasteiger partial charge in [-0.05, 0) is 25.4 Å². The molecule has 94 valence electrons. The molecular formula is C9H18N2O4S. The number of carbonyl (C=O) groups excluding carboxylic acids is 1. The number of nitrogens with one attached hydrogen (secondary N) is 2. The van der Waals surface area contributed by atoms with E-state index in [0.29, 0.717) is 6.54 Å². The highest BCUT2D eigenvalue weighted by atomic mass is 32.2. The fraction of sp³-hybridized carbons (Fsp3) is 0.778. The zero-order valence-electron chi connectivity index (χ0n) is 9.40. The molecule has 16 heavy (non-hydrogen) atoms. The van der Waals surface area contributed by atoms with Crippen molar-refractivity contribution in [3.8, 4) is 0 Å². The molecule has 0 aliphatic rings. The second-order valence-electron chi connectivity index (χ2n) is 3.30. The molecule has 0 aliphatic carbocycles. The van der Waals surface area contributed by atoms with Gasteiger partial charge in [0.25, 0.3) is 0 Å². The largest absolute Gasteiger partial charge is 0.480 e. The molecule has 0 bridgehead atoms. The molecule has 0 spiro atoms. The minimum atomic E-state index is -1.28. The molecule has 0 aromatic carbocycles. The summed E-state index contributed by atoms with van der Waals surface area (Å²) >= 11 is 1.67. The third kappa shape index (κ3) is 6.52. The van der Waals surface area contributed by atoms with E-state index in [1.54, 1.807) is 11.8 Å². The third-order valence-electron chi connectivity index (χ3n) is 1.85. The Labute approximate surface area is 98.8 Å². The van der Waals surface area contributed by atoms with Gasteiger partial charge in [0.15, 0.2) is 6.04 Å². The molecule has 2 atom stereocenters. The van der Waals surface area contributed by atoms with Crippen molar-refractivity contribution < 1.29 is 19.8 Å². The van der Waals surface area contributed by atoms with Crippen molar-refractivity contribution in [3.63, 3.8) is 0 Å². The Morgan fingerprint density at radius 2 is 2.06 bits per heavy atom. The average Bonchev–Trinajstić information content (AvgIpc) is 2.20. The Balaban J connectivity index is 3.87. The zero-order valence-corrected chi connectivity index (χ0v) is 10.2. The van der Waals surface area contributed by atoms with E-state index in [4.69, 9.17) is 10.2 Å². The van der Waals surface area contributed by atoms with Gasteiger partial charge in [-0.3, -0.25) is 0 Å². The maximum atomic E-state index is 11.2. The number of carbonyl (C=O) groups is 2. The van der Waals surface area contributed by atoms with Gasteiger partial charge in [0, 0.05) is 6.54 Å². The zero-order chi connectivity index (χ0) is 12.6. The van der Waals surface area contributed by atoms with E-state index >= 15 is 0 Å². The highest BCUT2D eigenvalue weighted by molar-refractivity contribution is 7.98. The molecule has 4 N–H and O–H groups in total. The summed E-state index contributed by atoms with van der Waals surface area (Å²) in [6.07, 6.45) is 1.66. The van der Waals surface area contributed by atoms with Gasteiger partial charge in [0.05, 0.1) is 6.10 Å². The van der Waals surface area contributed by atoms with Crippen molar-refractivity contribution in [2.24, 2.45) is 0 Å². The number of aliphatic hydroxyl groups excluding tert-OH is 1. The van der Waals surface area contributed by atoms with Crippen LogP contribution in [0.2, 0.25) is 0 Å². The lowest BCUT2D eigenvalue weighted by Gasteiger charge is -2.17. The number of hydrogen-bond donors (Lipinski definition) is 4. The molecule has 6 nitrogen and oxygen atoms in total. The Hall–Kier alpha value is -0.950. The Kier molecular flexibility index (Phi) is 7.74. The summed E-state index contributed by atoms with van der Waals surface area (Å²) in [5.74, 6) is -0.326. The lowest BCUT2D eigenvalue weighted by Crippen LogP contribution is -2.51. The fourth-order valence-electron chi connectivity index (χ4n) is 0.999. The van der Waals surface area contributed by atoms with Gasteiger partial charge >= 0.3 is 12.0 Å². The maximum absolute atomic E-state index is 11.2. The third-order valence-corrected chi connectivity index (χ3v) is 2.54. The number of amides is 2. The SMILES string of the molecule is CSCCCNC(=O)N[C@H](C(=O)O)[C@@H](C)O. The van der Waals surface area contributed by atoms with Crippen LogP contribution >= 0.6 is 11.8 Å². The van der Waals surface area contributed by atoms with Gasteiger partial charge in [-0.15, -0.1) is 0 Å². The Morgan fingerprint density at radius 1 is 1.44 bits per heavy atom. The summed E-state index contributed by atoms with van der Waals surface area (Å²) in [6.45, 7) is 1.80.